The monoisotopic (exact) mass is 442 g/mol. The van der Waals surface area contributed by atoms with E-state index in [0.29, 0.717) is 22.5 Å². The fraction of sp³-hybridized carbons (Fsp3) is 0.0870. The number of aryl methyl sites for hydroxylation is 1. The lowest BCUT2D eigenvalue weighted by molar-refractivity contribution is -0.113. The molecule has 0 aliphatic heterocycles. The molecular formula is C23H18N6O2S. The third kappa shape index (κ3) is 4.10. The predicted octanol–water partition coefficient (Wildman–Crippen LogP) is 4.43. The number of nitrogens with zero attached hydrogens (tertiary/aromatic N) is 5. The van der Waals surface area contributed by atoms with Gasteiger partial charge in [0.1, 0.15) is 11.3 Å². The van der Waals surface area contributed by atoms with E-state index in [9.17, 15) is 4.79 Å². The van der Waals surface area contributed by atoms with Crippen LogP contribution in [0.4, 0.5) is 5.69 Å². The minimum absolute atomic E-state index is 0.158. The maximum atomic E-state index is 12.4. The number of anilines is 1. The number of nitrogens with one attached hydrogen (secondary N) is 1. The van der Waals surface area contributed by atoms with Crippen LogP contribution in [0.25, 0.3) is 22.1 Å². The summed E-state index contributed by atoms with van der Waals surface area (Å²) in [6, 6.07) is 20.5. The maximum Gasteiger partial charge on any atom is 0.234 e. The molecule has 3 aromatic heterocycles. The van der Waals surface area contributed by atoms with Crippen molar-refractivity contribution in [2.45, 2.75) is 5.16 Å². The standard InChI is InChI=1S/C23H18N6O2S/c1-29-18-7-3-2-6-17(18)21-22(29)26-23(28-27-21)32-14-19(30)25-15-9-11-16(12-10-15)31-20-8-4-5-13-24-20/h2-13H,14H2,1H3,(H,25,30). The SMILES string of the molecule is Cn1c2ccccc2c2nnc(SCC(=O)Nc3ccc(Oc4ccccn4)cc3)nc21. The quantitative estimate of drug-likeness (QED) is 0.389. The second kappa shape index (κ2) is 8.64. The Labute approximate surface area is 187 Å². The summed E-state index contributed by atoms with van der Waals surface area (Å²) < 4.78 is 7.64. The number of fused-ring (bicyclic) bond motifs is 3. The van der Waals surface area contributed by atoms with Gasteiger partial charge >= 0.3 is 0 Å². The van der Waals surface area contributed by atoms with Crippen molar-refractivity contribution < 1.29 is 9.53 Å². The molecule has 0 saturated carbocycles. The third-order valence-corrected chi connectivity index (χ3v) is 5.66. The van der Waals surface area contributed by atoms with E-state index in [-0.39, 0.29) is 11.7 Å². The van der Waals surface area contributed by atoms with Crippen molar-refractivity contribution in [2.75, 3.05) is 11.1 Å². The van der Waals surface area contributed by atoms with Gasteiger partial charge in [-0.15, -0.1) is 10.2 Å². The Morgan fingerprint density at radius 2 is 1.84 bits per heavy atom. The number of benzene rings is 2. The van der Waals surface area contributed by atoms with Gasteiger partial charge in [0.2, 0.25) is 16.9 Å². The zero-order valence-corrected chi connectivity index (χ0v) is 17.9. The highest BCUT2D eigenvalue weighted by atomic mass is 32.2. The minimum Gasteiger partial charge on any atom is -0.439 e. The number of rotatable bonds is 6. The van der Waals surface area contributed by atoms with Gasteiger partial charge in [-0.05, 0) is 36.4 Å². The maximum absolute atomic E-state index is 12.4. The first kappa shape index (κ1) is 20.0. The molecule has 0 aliphatic rings. The number of hydrogen-bond donors (Lipinski definition) is 1. The van der Waals surface area contributed by atoms with Gasteiger partial charge in [0.15, 0.2) is 5.65 Å². The van der Waals surface area contributed by atoms with Gasteiger partial charge in [-0.3, -0.25) is 4.79 Å². The molecule has 0 fully saturated rings. The first-order valence-electron chi connectivity index (χ1n) is 9.87. The van der Waals surface area contributed by atoms with Crippen molar-refractivity contribution in [1.29, 1.82) is 0 Å². The summed E-state index contributed by atoms with van der Waals surface area (Å²) in [4.78, 5) is 21.1. The lowest BCUT2D eigenvalue weighted by Crippen LogP contribution is -2.14. The molecule has 8 nitrogen and oxygen atoms in total. The zero-order valence-electron chi connectivity index (χ0n) is 17.1. The highest BCUT2D eigenvalue weighted by Gasteiger charge is 2.13. The Morgan fingerprint density at radius 3 is 2.66 bits per heavy atom. The normalized spacial score (nSPS) is 11.0. The lowest BCUT2D eigenvalue weighted by Gasteiger charge is -2.07. The lowest BCUT2D eigenvalue weighted by atomic mass is 10.2. The number of para-hydroxylation sites is 1. The molecule has 1 amide bonds. The van der Waals surface area contributed by atoms with Crippen LogP contribution in [0.1, 0.15) is 0 Å². The molecule has 0 atom stereocenters. The number of thioether (sulfide) groups is 1. The van der Waals surface area contributed by atoms with Crippen molar-refractivity contribution in [1.82, 2.24) is 24.7 Å². The van der Waals surface area contributed by atoms with E-state index in [1.54, 1.807) is 36.5 Å². The summed E-state index contributed by atoms with van der Waals surface area (Å²) in [5.41, 5.74) is 3.21. The first-order valence-corrected chi connectivity index (χ1v) is 10.9. The zero-order chi connectivity index (χ0) is 21.9. The van der Waals surface area contributed by atoms with Crippen molar-refractivity contribution in [3.8, 4) is 11.6 Å². The van der Waals surface area contributed by atoms with Crippen LogP contribution in [0, 0.1) is 0 Å². The molecule has 0 bridgehead atoms. The third-order valence-electron chi connectivity index (χ3n) is 4.82. The van der Waals surface area contributed by atoms with Crippen LogP contribution in [-0.2, 0) is 11.8 Å². The summed E-state index contributed by atoms with van der Waals surface area (Å²) in [5, 5.41) is 12.8. The number of ether oxygens (including phenoxy) is 1. The second-order valence-corrected chi connectivity index (χ2v) is 7.92. The van der Waals surface area contributed by atoms with E-state index < -0.39 is 0 Å². The summed E-state index contributed by atoms with van der Waals surface area (Å²) >= 11 is 1.24. The van der Waals surface area contributed by atoms with Crippen LogP contribution in [0.15, 0.2) is 78.1 Å². The summed E-state index contributed by atoms with van der Waals surface area (Å²) in [5.74, 6) is 1.16. The van der Waals surface area contributed by atoms with Crippen LogP contribution in [0.3, 0.4) is 0 Å². The summed E-state index contributed by atoms with van der Waals surface area (Å²) in [7, 11) is 1.95. The number of carbonyl (C=O) groups excluding carboxylic acids is 1. The Morgan fingerprint density at radius 1 is 1.03 bits per heavy atom. The molecule has 32 heavy (non-hydrogen) atoms. The molecule has 9 heteroatoms. The minimum atomic E-state index is -0.158. The first-order chi connectivity index (χ1) is 15.7. The van der Waals surface area contributed by atoms with Crippen molar-refractivity contribution in [3.05, 3.63) is 72.9 Å². The van der Waals surface area contributed by atoms with Crippen LogP contribution < -0.4 is 10.1 Å². The molecule has 0 radical (unpaired) electrons. The van der Waals surface area contributed by atoms with Gasteiger partial charge in [-0.25, -0.2) is 9.97 Å². The molecular weight excluding hydrogens is 424 g/mol. The van der Waals surface area contributed by atoms with Gasteiger partial charge in [-0.2, -0.15) is 0 Å². The molecule has 1 N–H and O–H groups in total. The van der Waals surface area contributed by atoms with Gasteiger partial charge in [0.25, 0.3) is 0 Å². The second-order valence-electron chi connectivity index (χ2n) is 6.97. The van der Waals surface area contributed by atoms with Crippen LogP contribution >= 0.6 is 11.8 Å². The molecule has 0 unspecified atom stereocenters. The highest BCUT2D eigenvalue weighted by Crippen LogP contribution is 2.26. The van der Waals surface area contributed by atoms with E-state index in [4.69, 9.17) is 4.74 Å². The average Bonchev–Trinajstić information content (AvgIpc) is 3.11. The summed E-state index contributed by atoms with van der Waals surface area (Å²) in [6.07, 6.45) is 1.67. The van der Waals surface area contributed by atoms with Crippen molar-refractivity contribution in [3.63, 3.8) is 0 Å². The van der Waals surface area contributed by atoms with Gasteiger partial charge in [0, 0.05) is 30.4 Å². The number of aromatic nitrogens is 5. The van der Waals surface area contributed by atoms with Crippen LogP contribution in [0.2, 0.25) is 0 Å². The Bertz CT molecular complexity index is 1400. The van der Waals surface area contributed by atoms with Gasteiger partial charge < -0.3 is 14.6 Å². The number of pyridine rings is 1. The highest BCUT2D eigenvalue weighted by molar-refractivity contribution is 7.99. The van der Waals surface area contributed by atoms with E-state index in [2.05, 4.69) is 25.5 Å². The van der Waals surface area contributed by atoms with Gasteiger partial charge in [-0.1, -0.05) is 36.0 Å². The molecule has 2 aromatic carbocycles. The molecule has 0 aliphatic carbocycles. The largest absolute Gasteiger partial charge is 0.439 e. The Kier molecular flexibility index (Phi) is 5.39. The van der Waals surface area contributed by atoms with E-state index in [1.807, 2.05) is 48.0 Å². The topological polar surface area (TPSA) is 94.8 Å². The molecule has 0 saturated heterocycles. The Balaban J connectivity index is 1.21. The Hall–Kier alpha value is -3.98. The molecule has 158 valence electrons. The van der Waals surface area contributed by atoms with E-state index in [1.165, 1.54) is 11.8 Å². The predicted molar refractivity (Wildman–Crippen MR) is 124 cm³/mol. The average molecular weight is 443 g/mol. The number of carbonyl (C=O) groups is 1. The van der Waals surface area contributed by atoms with Crippen LogP contribution in [-0.4, -0.2) is 36.4 Å². The number of hydrogen-bond acceptors (Lipinski definition) is 7. The molecule has 5 rings (SSSR count). The fourth-order valence-corrected chi connectivity index (χ4v) is 3.90. The van der Waals surface area contributed by atoms with Crippen molar-refractivity contribution in [2.24, 2.45) is 7.05 Å². The number of amides is 1. The molecule has 0 spiro atoms. The smallest absolute Gasteiger partial charge is 0.234 e. The summed E-state index contributed by atoms with van der Waals surface area (Å²) in [6.45, 7) is 0. The van der Waals surface area contributed by atoms with Crippen LogP contribution in [0.5, 0.6) is 11.6 Å². The molecule has 3 heterocycles. The molecule has 5 aromatic rings. The van der Waals surface area contributed by atoms with Gasteiger partial charge in [0.05, 0.1) is 11.3 Å². The van der Waals surface area contributed by atoms with E-state index >= 15 is 0 Å². The fourth-order valence-electron chi connectivity index (χ4n) is 3.31. The van der Waals surface area contributed by atoms with E-state index in [0.717, 1.165) is 22.1 Å². The van der Waals surface area contributed by atoms with Crippen molar-refractivity contribution >= 4 is 45.4 Å².